The van der Waals surface area contributed by atoms with Gasteiger partial charge < -0.3 is 14.8 Å². The molecule has 3 rings (SSSR count). The van der Waals surface area contributed by atoms with Crippen molar-refractivity contribution in [3.05, 3.63) is 23.0 Å². The van der Waals surface area contributed by atoms with Gasteiger partial charge in [0.1, 0.15) is 0 Å². The molecule has 0 aliphatic carbocycles. The van der Waals surface area contributed by atoms with Crippen LogP contribution in [0.4, 0.5) is 0 Å². The number of hydrogen-bond donors (Lipinski definition) is 1. The molecule has 0 unspecified atom stereocenters. The smallest absolute Gasteiger partial charge is 0.271 e. The van der Waals surface area contributed by atoms with Gasteiger partial charge in [0.25, 0.3) is 5.91 Å². The topological polar surface area (TPSA) is 76.6 Å². The number of halogens is 1. The Labute approximate surface area is 140 Å². The summed E-state index contributed by atoms with van der Waals surface area (Å²) in [5, 5.41) is 10.8. The van der Waals surface area contributed by atoms with Gasteiger partial charge in [0.15, 0.2) is 10.8 Å². The van der Waals surface area contributed by atoms with E-state index >= 15 is 0 Å². The first-order chi connectivity index (χ1) is 11.2. The summed E-state index contributed by atoms with van der Waals surface area (Å²) in [6.45, 7) is 5.36. The highest BCUT2D eigenvalue weighted by molar-refractivity contribution is 6.29. The first kappa shape index (κ1) is 16.6. The predicted octanol–water partition coefficient (Wildman–Crippen LogP) is 0.597. The average molecular weight is 341 g/mol. The molecule has 0 radical (unpaired) electrons. The van der Waals surface area contributed by atoms with E-state index in [1.54, 1.807) is 12.1 Å². The highest BCUT2D eigenvalue weighted by atomic mass is 35.5. The van der Waals surface area contributed by atoms with Gasteiger partial charge in [-0.3, -0.25) is 9.69 Å². The minimum absolute atomic E-state index is 0.230. The Balaban J connectivity index is 1.61. The fourth-order valence-electron chi connectivity index (χ4n) is 3.08. The van der Waals surface area contributed by atoms with E-state index in [1.807, 2.05) is 0 Å². The van der Waals surface area contributed by atoms with Gasteiger partial charge in [-0.25, -0.2) is 0 Å². The van der Waals surface area contributed by atoms with E-state index in [-0.39, 0.29) is 22.8 Å². The van der Waals surface area contributed by atoms with Crippen molar-refractivity contribution in [1.82, 2.24) is 20.4 Å². The molecular formula is C15H21ClN4O3. The third kappa shape index (κ3) is 4.38. The molecule has 2 aliphatic heterocycles. The molecule has 2 saturated heterocycles. The van der Waals surface area contributed by atoms with E-state index < -0.39 is 0 Å². The molecule has 2 fully saturated rings. The van der Waals surface area contributed by atoms with Gasteiger partial charge >= 0.3 is 0 Å². The van der Waals surface area contributed by atoms with Crippen LogP contribution in [0, 0.1) is 5.92 Å². The van der Waals surface area contributed by atoms with Crippen molar-refractivity contribution in [2.45, 2.75) is 12.5 Å². The third-order valence-corrected chi connectivity index (χ3v) is 4.56. The maximum absolute atomic E-state index is 12.2. The number of nitrogens with zero attached hydrogens (tertiary/aromatic N) is 3. The Hall–Kier alpha value is -1.28. The Kier molecular flexibility index (Phi) is 5.77. The minimum Gasteiger partial charge on any atom is -0.381 e. The number of carbonyl (C=O) groups is 1. The van der Waals surface area contributed by atoms with Crippen molar-refractivity contribution in [1.29, 1.82) is 0 Å². The molecule has 1 amide bonds. The Morgan fingerprint density at radius 2 is 2.13 bits per heavy atom. The van der Waals surface area contributed by atoms with E-state index in [1.165, 1.54) is 0 Å². The Morgan fingerprint density at radius 3 is 2.78 bits per heavy atom. The monoisotopic (exact) mass is 340 g/mol. The SMILES string of the molecule is O=C(NC[C@@H]([C@H]1CCOC1)N1CCOCC1)c1ccc(Cl)nn1. The maximum Gasteiger partial charge on any atom is 0.271 e. The van der Waals surface area contributed by atoms with E-state index in [0.717, 1.165) is 45.9 Å². The number of morpholine rings is 1. The summed E-state index contributed by atoms with van der Waals surface area (Å²) in [5.41, 5.74) is 0.276. The van der Waals surface area contributed by atoms with E-state index in [9.17, 15) is 4.79 Å². The number of rotatable bonds is 5. The van der Waals surface area contributed by atoms with E-state index in [4.69, 9.17) is 21.1 Å². The summed E-state index contributed by atoms with van der Waals surface area (Å²) in [5.74, 6) is 0.205. The van der Waals surface area contributed by atoms with Gasteiger partial charge in [-0.2, -0.15) is 0 Å². The number of aromatic nitrogens is 2. The molecule has 2 atom stereocenters. The lowest BCUT2D eigenvalue weighted by atomic mass is 9.97. The second kappa shape index (κ2) is 8.01. The van der Waals surface area contributed by atoms with Gasteiger partial charge in [0, 0.05) is 38.2 Å². The first-order valence-corrected chi connectivity index (χ1v) is 8.29. The lowest BCUT2D eigenvalue weighted by molar-refractivity contribution is 0.00165. The molecule has 0 spiro atoms. The number of ether oxygens (including phenoxy) is 2. The zero-order valence-electron chi connectivity index (χ0n) is 12.9. The largest absolute Gasteiger partial charge is 0.381 e. The highest BCUT2D eigenvalue weighted by Crippen LogP contribution is 2.21. The quantitative estimate of drug-likeness (QED) is 0.845. The molecule has 0 aromatic carbocycles. The number of nitrogens with one attached hydrogen (secondary N) is 1. The van der Waals surface area contributed by atoms with Gasteiger partial charge in [-0.15, -0.1) is 10.2 Å². The number of amides is 1. The maximum atomic E-state index is 12.2. The van der Waals surface area contributed by atoms with Crippen LogP contribution in [0.15, 0.2) is 12.1 Å². The van der Waals surface area contributed by atoms with Crippen molar-refractivity contribution in [3.8, 4) is 0 Å². The van der Waals surface area contributed by atoms with Crippen LogP contribution in [0.3, 0.4) is 0 Å². The van der Waals surface area contributed by atoms with Crippen molar-refractivity contribution < 1.29 is 14.3 Å². The van der Waals surface area contributed by atoms with Gasteiger partial charge in [-0.1, -0.05) is 11.6 Å². The van der Waals surface area contributed by atoms with Gasteiger partial charge in [0.2, 0.25) is 0 Å². The lowest BCUT2D eigenvalue weighted by Gasteiger charge is -2.37. The summed E-state index contributed by atoms with van der Waals surface area (Å²) in [4.78, 5) is 14.6. The molecule has 1 aromatic heterocycles. The molecular weight excluding hydrogens is 320 g/mol. The molecule has 8 heteroatoms. The molecule has 3 heterocycles. The second-order valence-corrected chi connectivity index (χ2v) is 6.18. The summed E-state index contributed by atoms with van der Waals surface area (Å²) < 4.78 is 11.0. The average Bonchev–Trinajstić information content (AvgIpc) is 3.11. The fraction of sp³-hybridized carbons (Fsp3) is 0.667. The molecule has 1 aromatic rings. The Morgan fingerprint density at radius 1 is 1.30 bits per heavy atom. The molecule has 0 bridgehead atoms. The van der Waals surface area contributed by atoms with Crippen LogP contribution < -0.4 is 5.32 Å². The van der Waals surface area contributed by atoms with Crippen molar-refractivity contribution in [2.24, 2.45) is 5.92 Å². The van der Waals surface area contributed by atoms with Gasteiger partial charge in [0.05, 0.1) is 19.8 Å². The normalized spacial score (nSPS) is 23.6. The summed E-state index contributed by atoms with van der Waals surface area (Å²) in [6.07, 6.45) is 1.03. The van der Waals surface area contributed by atoms with Crippen molar-refractivity contribution in [2.75, 3.05) is 46.1 Å². The highest BCUT2D eigenvalue weighted by Gasteiger charge is 2.31. The second-order valence-electron chi connectivity index (χ2n) is 5.79. The molecule has 1 N–H and O–H groups in total. The third-order valence-electron chi connectivity index (χ3n) is 4.36. The number of carbonyl (C=O) groups excluding carboxylic acids is 1. The van der Waals surface area contributed by atoms with Gasteiger partial charge in [-0.05, 0) is 18.6 Å². The lowest BCUT2D eigenvalue weighted by Crippen LogP contribution is -2.52. The van der Waals surface area contributed by atoms with Crippen LogP contribution in [0.1, 0.15) is 16.9 Å². The van der Waals surface area contributed by atoms with Crippen LogP contribution >= 0.6 is 11.6 Å². The summed E-state index contributed by atoms with van der Waals surface area (Å²) in [6, 6.07) is 3.39. The summed E-state index contributed by atoms with van der Waals surface area (Å²) >= 11 is 5.69. The number of hydrogen-bond acceptors (Lipinski definition) is 6. The standard InChI is InChI=1S/C15H21ClN4O3/c16-14-2-1-12(18-19-14)15(21)17-9-13(11-3-6-23-10-11)20-4-7-22-8-5-20/h1-2,11,13H,3-10H2,(H,17,21)/t11-,13-/m0/s1. The molecule has 0 saturated carbocycles. The fourth-order valence-corrected chi connectivity index (χ4v) is 3.18. The molecule has 2 aliphatic rings. The van der Waals surface area contributed by atoms with Crippen LogP contribution in [-0.2, 0) is 9.47 Å². The molecule has 126 valence electrons. The van der Waals surface area contributed by atoms with Crippen molar-refractivity contribution in [3.63, 3.8) is 0 Å². The van der Waals surface area contributed by atoms with Crippen LogP contribution in [0.5, 0.6) is 0 Å². The Bertz CT molecular complexity index is 516. The predicted molar refractivity (Wildman–Crippen MR) is 84.5 cm³/mol. The van der Waals surface area contributed by atoms with Crippen LogP contribution in [0.25, 0.3) is 0 Å². The summed E-state index contributed by atoms with van der Waals surface area (Å²) in [7, 11) is 0. The van der Waals surface area contributed by atoms with E-state index in [2.05, 4.69) is 20.4 Å². The minimum atomic E-state index is -0.230. The zero-order valence-corrected chi connectivity index (χ0v) is 13.7. The van der Waals surface area contributed by atoms with Crippen LogP contribution in [-0.4, -0.2) is 73.1 Å². The zero-order chi connectivity index (χ0) is 16.1. The van der Waals surface area contributed by atoms with Crippen molar-refractivity contribution >= 4 is 17.5 Å². The van der Waals surface area contributed by atoms with Crippen LogP contribution in [0.2, 0.25) is 5.15 Å². The molecule has 7 nitrogen and oxygen atoms in total. The first-order valence-electron chi connectivity index (χ1n) is 7.91. The molecule has 23 heavy (non-hydrogen) atoms. The van der Waals surface area contributed by atoms with E-state index in [0.29, 0.717) is 12.5 Å².